The number of rotatable bonds is 7. The van der Waals surface area contributed by atoms with Gasteiger partial charge >= 0.3 is 0 Å². The van der Waals surface area contributed by atoms with Crippen LogP contribution in [0.15, 0.2) is 22.6 Å². The lowest BCUT2D eigenvalue weighted by Gasteiger charge is -2.36. The van der Waals surface area contributed by atoms with Crippen molar-refractivity contribution in [1.29, 1.82) is 0 Å². The quantitative estimate of drug-likeness (QED) is 0.679. The van der Waals surface area contributed by atoms with E-state index >= 15 is 0 Å². The second-order valence-electron chi connectivity index (χ2n) is 8.60. The number of aryl methyl sites for hydroxylation is 2. The summed E-state index contributed by atoms with van der Waals surface area (Å²) in [7, 11) is 1.68. The fourth-order valence-corrected chi connectivity index (χ4v) is 4.74. The summed E-state index contributed by atoms with van der Waals surface area (Å²) in [6.07, 6.45) is 6.47. The van der Waals surface area contributed by atoms with E-state index in [2.05, 4.69) is 11.0 Å². The van der Waals surface area contributed by atoms with Gasteiger partial charge in [-0.1, -0.05) is 6.42 Å². The second-order valence-corrected chi connectivity index (χ2v) is 8.60. The smallest absolute Gasteiger partial charge is 0.226 e. The van der Waals surface area contributed by atoms with Crippen LogP contribution in [0.2, 0.25) is 0 Å². The van der Waals surface area contributed by atoms with Crippen molar-refractivity contribution >= 4 is 5.91 Å². The van der Waals surface area contributed by atoms with Gasteiger partial charge < -0.3 is 14.1 Å². The Hall–Kier alpha value is -2.34. The van der Waals surface area contributed by atoms with Crippen LogP contribution >= 0.6 is 0 Å². The van der Waals surface area contributed by atoms with Crippen LogP contribution in [0.25, 0.3) is 11.5 Å². The minimum atomic E-state index is 0.323. The molecule has 6 nitrogen and oxygen atoms in total. The molecule has 2 aliphatic heterocycles. The Bertz CT molecular complexity index is 892. The number of likely N-dealkylation sites (tertiary alicyclic amines) is 2. The number of aromatic nitrogens is 1. The lowest BCUT2D eigenvalue weighted by molar-refractivity contribution is -0.127. The van der Waals surface area contributed by atoms with Gasteiger partial charge in [0.2, 0.25) is 11.8 Å². The summed E-state index contributed by atoms with van der Waals surface area (Å²) in [6.45, 7) is 7.74. The Labute approximate surface area is 179 Å². The maximum Gasteiger partial charge on any atom is 0.226 e. The molecule has 0 spiro atoms. The molecule has 0 unspecified atom stereocenters. The predicted octanol–water partition coefficient (Wildman–Crippen LogP) is 4.33. The highest BCUT2D eigenvalue weighted by molar-refractivity contribution is 5.78. The zero-order chi connectivity index (χ0) is 21.1. The molecule has 162 valence electrons. The molecule has 0 aliphatic carbocycles. The number of oxazole rings is 1. The standard InChI is InChI=1S/C24H33N3O3/c1-17-15-19(9-10-22(17)29-3)24-25-21(18(2)30-24)16-27-12-5-4-7-20(27)11-14-26-13-6-8-23(26)28/h9-10,15,20H,4-8,11-14,16H2,1-3H3/t20-/m1/s1. The van der Waals surface area contributed by atoms with Crippen LogP contribution in [0.1, 0.15) is 55.5 Å². The van der Waals surface area contributed by atoms with Gasteiger partial charge in [-0.2, -0.15) is 0 Å². The summed E-state index contributed by atoms with van der Waals surface area (Å²) in [5, 5.41) is 0. The number of amides is 1. The third-order valence-corrected chi connectivity index (χ3v) is 6.54. The lowest BCUT2D eigenvalue weighted by atomic mass is 9.98. The van der Waals surface area contributed by atoms with Crippen molar-refractivity contribution in [2.45, 2.75) is 65.0 Å². The molecular weight excluding hydrogens is 378 g/mol. The first-order valence-electron chi connectivity index (χ1n) is 11.2. The number of carbonyl (C=O) groups is 1. The SMILES string of the molecule is COc1ccc(-c2nc(CN3CCCC[C@@H]3CCN3CCCC3=O)c(C)o2)cc1C. The van der Waals surface area contributed by atoms with Crippen molar-refractivity contribution in [1.82, 2.24) is 14.8 Å². The van der Waals surface area contributed by atoms with Gasteiger partial charge in [-0.3, -0.25) is 9.69 Å². The van der Waals surface area contributed by atoms with Gasteiger partial charge in [-0.15, -0.1) is 0 Å². The van der Waals surface area contributed by atoms with Crippen LogP contribution in [0.5, 0.6) is 5.75 Å². The molecule has 2 saturated heterocycles. The Morgan fingerprint density at radius 3 is 2.80 bits per heavy atom. The van der Waals surface area contributed by atoms with Crippen molar-refractivity contribution in [3.63, 3.8) is 0 Å². The van der Waals surface area contributed by atoms with Crippen LogP contribution in [0.4, 0.5) is 0 Å². The van der Waals surface area contributed by atoms with Gasteiger partial charge in [-0.05, 0) is 69.8 Å². The van der Waals surface area contributed by atoms with Gasteiger partial charge in [0.1, 0.15) is 11.5 Å². The molecule has 1 aromatic heterocycles. The van der Waals surface area contributed by atoms with Gasteiger partial charge in [-0.25, -0.2) is 4.98 Å². The average molecular weight is 412 g/mol. The van der Waals surface area contributed by atoms with Crippen LogP contribution in [0, 0.1) is 13.8 Å². The molecule has 30 heavy (non-hydrogen) atoms. The number of hydrogen-bond donors (Lipinski definition) is 0. The largest absolute Gasteiger partial charge is 0.496 e. The summed E-state index contributed by atoms with van der Waals surface area (Å²) in [4.78, 5) is 21.4. The van der Waals surface area contributed by atoms with Gasteiger partial charge in [0.15, 0.2) is 0 Å². The summed E-state index contributed by atoms with van der Waals surface area (Å²) in [5.41, 5.74) is 3.06. The molecular formula is C24H33N3O3. The first kappa shape index (κ1) is 20.9. The second kappa shape index (κ2) is 9.21. The Kier molecular flexibility index (Phi) is 6.42. The van der Waals surface area contributed by atoms with E-state index in [-0.39, 0.29) is 0 Å². The summed E-state index contributed by atoms with van der Waals surface area (Å²) in [6, 6.07) is 6.53. The van der Waals surface area contributed by atoms with Crippen molar-refractivity contribution in [3.8, 4) is 17.2 Å². The van der Waals surface area contributed by atoms with Crippen molar-refractivity contribution in [2.24, 2.45) is 0 Å². The Morgan fingerprint density at radius 2 is 2.07 bits per heavy atom. The number of methoxy groups -OCH3 is 1. The maximum atomic E-state index is 11.9. The molecule has 6 heteroatoms. The molecule has 0 bridgehead atoms. The number of piperidine rings is 1. The highest BCUT2D eigenvalue weighted by Gasteiger charge is 2.27. The Balaban J connectivity index is 1.44. The highest BCUT2D eigenvalue weighted by atomic mass is 16.5. The van der Waals surface area contributed by atoms with E-state index in [1.54, 1.807) is 7.11 Å². The van der Waals surface area contributed by atoms with E-state index in [1.165, 1.54) is 19.3 Å². The molecule has 2 aliphatic rings. The fourth-order valence-electron chi connectivity index (χ4n) is 4.74. The zero-order valence-corrected chi connectivity index (χ0v) is 18.4. The summed E-state index contributed by atoms with van der Waals surface area (Å²) >= 11 is 0. The van der Waals surface area contributed by atoms with Gasteiger partial charge in [0.25, 0.3) is 0 Å². The third-order valence-electron chi connectivity index (χ3n) is 6.54. The van der Waals surface area contributed by atoms with Crippen LogP contribution in [0.3, 0.4) is 0 Å². The van der Waals surface area contributed by atoms with E-state index in [0.717, 1.165) is 73.8 Å². The van der Waals surface area contributed by atoms with E-state index in [0.29, 0.717) is 17.8 Å². The summed E-state index contributed by atoms with van der Waals surface area (Å²) < 4.78 is 11.4. The maximum absolute atomic E-state index is 11.9. The van der Waals surface area contributed by atoms with Crippen LogP contribution in [-0.2, 0) is 11.3 Å². The monoisotopic (exact) mass is 411 g/mol. The van der Waals surface area contributed by atoms with E-state index in [4.69, 9.17) is 14.1 Å². The first-order chi connectivity index (χ1) is 14.5. The van der Waals surface area contributed by atoms with E-state index < -0.39 is 0 Å². The number of ether oxygens (including phenoxy) is 1. The van der Waals surface area contributed by atoms with Gasteiger partial charge in [0.05, 0.1) is 12.8 Å². The molecule has 0 N–H and O–H groups in total. The average Bonchev–Trinajstić information content (AvgIpc) is 3.32. The number of hydrogen-bond acceptors (Lipinski definition) is 5. The zero-order valence-electron chi connectivity index (χ0n) is 18.4. The van der Waals surface area contributed by atoms with Crippen LogP contribution in [-0.4, -0.2) is 53.5 Å². The molecule has 3 heterocycles. The minimum absolute atomic E-state index is 0.323. The number of carbonyl (C=O) groups excluding carboxylic acids is 1. The normalized spacial score (nSPS) is 20.2. The molecule has 1 amide bonds. The van der Waals surface area contributed by atoms with Crippen molar-refractivity contribution in [3.05, 3.63) is 35.2 Å². The molecule has 1 aromatic carbocycles. The van der Waals surface area contributed by atoms with Crippen molar-refractivity contribution < 1.29 is 13.9 Å². The molecule has 2 fully saturated rings. The fraction of sp³-hybridized carbons (Fsp3) is 0.583. The molecule has 0 radical (unpaired) electrons. The lowest BCUT2D eigenvalue weighted by Crippen LogP contribution is -2.41. The van der Waals surface area contributed by atoms with Crippen LogP contribution < -0.4 is 4.74 Å². The van der Waals surface area contributed by atoms with E-state index in [9.17, 15) is 4.79 Å². The van der Waals surface area contributed by atoms with E-state index in [1.807, 2.05) is 30.9 Å². The first-order valence-corrected chi connectivity index (χ1v) is 11.2. The Morgan fingerprint density at radius 1 is 1.20 bits per heavy atom. The van der Waals surface area contributed by atoms with Gasteiger partial charge in [0, 0.05) is 37.7 Å². The third kappa shape index (κ3) is 4.53. The number of nitrogens with zero attached hydrogens (tertiary/aromatic N) is 3. The topological polar surface area (TPSA) is 58.8 Å². The molecule has 2 aromatic rings. The van der Waals surface area contributed by atoms with Crippen molar-refractivity contribution in [2.75, 3.05) is 26.7 Å². The summed E-state index contributed by atoms with van der Waals surface area (Å²) in [5.74, 6) is 2.75. The predicted molar refractivity (Wildman–Crippen MR) is 116 cm³/mol. The number of benzene rings is 1. The highest BCUT2D eigenvalue weighted by Crippen LogP contribution is 2.29. The minimum Gasteiger partial charge on any atom is -0.496 e. The molecule has 0 saturated carbocycles. The molecule has 4 rings (SSSR count). The molecule has 1 atom stereocenters.